The van der Waals surface area contributed by atoms with E-state index in [9.17, 15) is 4.79 Å². The molecule has 0 fully saturated rings. The van der Waals surface area contributed by atoms with Crippen molar-refractivity contribution in [1.29, 1.82) is 0 Å². The summed E-state index contributed by atoms with van der Waals surface area (Å²) in [5.41, 5.74) is 0.833. The second kappa shape index (κ2) is 10.6. The van der Waals surface area contributed by atoms with Gasteiger partial charge < -0.3 is 23.7 Å². The molecule has 1 aliphatic heterocycles. The van der Waals surface area contributed by atoms with Crippen LogP contribution in [0.15, 0.2) is 61.3 Å². The maximum Gasteiger partial charge on any atom is 0.224 e. The number of benzene rings is 1. The minimum Gasteiger partial charge on any atom is -0.487 e. The highest BCUT2D eigenvalue weighted by Crippen LogP contribution is 2.32. The third kappa shape index (κ3) is 5.82. The van der Waals surface area contributed by atoms with Crippen LogP contribution in [-0.2, 0) is 22.6 Å². The molecule has 0 saturated heterocycles. The Bertz CT molecular complexity index is 977. The van der Waals surface area contributed by atoms with Gasteiger partial charge in [0.25, 0.3) is 0 Å². The lowest BCUT2D eigenvalue weighted by atomic mass is 10.2. The Morgan fingerprint density at radius 1 is 1.03 bits per heavy atom. The lowest BCUT2D eigenvalue weighted by Crippen LogP contribution is -2.34. The molecule has 3 heterocycles. The molecule has 0 radical (unpaired) electrons. The van der Waals surface area contributed by atoms with E-state index < -0.39 is 0 Å². The van der Waals surface area contributed by atoms with Crippen LogP contribution in [0.3, 0.4) is 0 Å². The molecule has 8 heteroatoms. The van der Waals surface area contributed by atoms with Crippen molar-refractivity contribution >= 4 is 5.91 Å². The van der Waals surface area contributed by atoms with Crippen LogP contribution in [0.1, 0.15) is 18.4 Å². The van der Waals surface area contributed by atoms with Gasteiger partial charge in [-0.3, -0.25) is 4.79 Å². The molecule has 0 unspecified atom stereocenters. The number of hydrogen-bond acceptors (Lipinski definition) is 6. The fraction of sp³-hybridized carbons (Fsp3) is 0.348. The van der Waals surface area contributed by atoms with Gasteiger partial charge in [-0.15, -0.1) is 0 Å². The number of aromatic nitrogens is 3. The van der Waals surface area contributed by atoms with E-state index in [0.717, 1.165) is 18.5 Å². The van der Waals surface area contributed by atoms with Gasteiger partial charge in [-0.1, -0.05) is 18.2 Å². The van der Waals surface area contributed by atoms with Crippen LogP contribution in [-0.4, -0.2) is 51.7 Å². The van der Waals surface area contributed by atoms with Crippen molar-refractivity contribution in [1.82, 2.24) is 19.4 Å². The van der Waals surface area contributed by atoms with Crippen molar-refractivity contribution in [2.24, 2.45) is 0 Å². The van der Waals surface area contributed by atoms with Crippen LogP contribution in [0.4, 0.5) is 0 Å². The van der Waals surface area contributed by atoms with Crippen LogP contribution < -0.4 is 9.47 Å². The lowest BCUT2D eigenvalue weighted by Gasteiger charge is -2.23. The first kappa shape index (κ1) is 20.9. The predicted octanol–water partition coefficient (Wildman–Crippen LogP) is 3.29. The molecule has 1 amide bonds. The van der Waals surface area contributed by atoms with Gasteiger partial charge in [0, 0.05) is 43.7 Å². The van der Waals surface area contributed by atoms with Gasteiger partial charge in [-0.25, -0.2) is 9.97 Å². The standard InChI is InChI=1S/C23H26N4O4/c28-22(8-4-11-26-12-10-24-18-26)27-13-14-29-15-16-30-20-6-1-2-7-21(20)31-23-19(17-27)5-3-9-25-23/h1-3,5-7,9-10,12,18H,4,8,11,13-17H2. The van der Waals surface area contributed by atoms with Crippen molar-refractivity contribution in [2.75, 3.05) is 26.4 Å². The molecule has 0 saturated carbocycles. The Balaban J connectivity index is 1.50. The number of rotatable bonds is 4. The normalized spacial score (nSPS) is 14.6. The highest BCUT2D eigenvalue weighted by atomic mass is 16.5. The summed E-state index contributed by atoms with van der Waals surface area (Å²) in [4.78, 5) is 23.2. The molecule has 0 atom stereocenters. The highest BCUT2D eigenvalue weighted by molar-refractivity contribution is 5.76. The van der Waals surface area contributed by atoms with Gasteiger partial charge >= 0.3 is 0 Å². The van der Waals surface area contributed by atoms with Gasteiger partial charge in [0.05, 0.1) is 26.1 Å². The fourth-order valence-corrected chi connectivity index (χ4v) is 3.37. The molecule has 0 N–H and O–H groups in total. The smallest absolute Gasteiger partial charge is 0.224 e. The number of carbonyl (C=O) groups is 1. The van der Waals surface area contributed by atoms with Crippen molar-refractivity contribution in [3.63, 3.8) is 0 Å². The van der Waals surface area contributed by atoms with Crippen LogP contribution in [0, 0.1) is 0 Å². The quantitative estimate of drug-likeness (QED) is 0.642. The molecule has 8 nitrogen and oxygen atoms in total. The van der Waals surface area contributed by atoms with E-state index in [1.165, 1.54) is 0 Å². The second-order valence-corrected chi connectivity index (χ2v) is 7.20. The number of pyridine rings is 1. The van der Waals surface area contributed by atoms with Crippen molar-refractivity contribution in [3.05, 3.63) is 66.9 Å². The summed E-state index contributed by atoms with van der Waals surface area (Å²) < 4.78 is 19.6. The van der Waals surface area contributed by atoms with Gasteiger partial charge in [0.1, 0.15) is 6.61 Å². The Hall–Kier alpha value is -3.39. The van der Waals surface area contributed by atoms with Crippen LogP contribution >= 0.6 is 0 Å². The molecule has 0 spiro atoms. The Morgan fingerprint density at radius 2 is 1.94 bits per heavy atom. The largest absolute Gasteiger partial charge is 0.487 e. The first-order chi connectivity index (χ1) is 15.3. The minimum atomic E-state index is 0.0741. The van der Waals surface area contributed by atoms with E-state index in [0.29, 0.717) is 56.7 Å². The van der Waals surface area contributed by atoms with E-state index in [-0.39, 0.29) is 5.91 Å². The molecule has 1 aliphatic rings. The summed E-state index contributed by atoms with van der Waals surface area (Å²) in [5.74, 6) is 1.76. The molecule has 4 rings (SSSR count). The Morgan fingerprint density at radius 3 is 2.81 bits per heavy atom. The maximum atomic E-state index is 13.0. The number of fused-ring (bicyclic) bond motifs is 2. The number of carbonyl (C=O) groups excluding carboxylic acids is 1. The number of ether oxygens (including phenoxy) is 3. The first-order valence-corrected chi connectivity index (χ1v) is 10.4. The summed E-state index contributed by atoms with van der Waals surface area (Å²) in [6, 6.07) is 11.3. The second-order valence-electron chi connectivity index (χ2n) is 7.20. The SMILES string of the molecule is O=C(CCCn1ccnc1)N1CCOCCOc2ccccc2Oc2ncccc2C1. The molecule has 3 aromatic rings. The number of hydrogen-bond donors (Lipinski definition) is 0. The van der Waals surface area contributed by atoms with Crippen molar-refractivity contribution in [3.8, 4) is 17.4 Å². The van der Waals surface area contributed by atoms with E-state index in [1.54, 1.807) is 18.7 Å². The molecular formula is C23H26N4O4. The van der Waals surface area contributed by atoms with E-state index >= 15 is 0 Å². The number of aryl methyl sites for hydroxylation is 1. The molecular weight excluding hydrogens is 396 g/mol. The average molecular weight is 422 g/mol. The van der Waals surface area contributed by atoms with Crippen molar-refractivity contribution < 1.29 is 19.0 Å². The lowest BCUT2D eigenvalue weighted by molar-refractivity contribution is -0.132. The number of nitrogens with zero attached hydrogens (tertiary/aromatic N) is 4. The third-order valence-electron chi connectivity index (χ3n) is 4.98. The summed E-state index contributed by atoms with van der Waals surface area (Å²) >= 11 is 0. The zero-order valence-corrected chi connectivity index (χ0v) is 17.4. The summed E-state index contributed by atoms with van der Waals surface area (Å²) in [6.45, 7) is 2.92. The molecule has 0 bridgehead atoms. The maximum absolute atomic E-state index is 13.0. The van der Waals surface area contributed by atoms with Gasteiger partial charge in [0.15, 0.2) is 11.5 Å². The van der Waals surface area contributed by atoms with Crippen LogP contribution in [0.2, 0.25) is 0 Å². The van der Waals surface area contributed by atoms with Gasteiger partial charge in [-0.2, -0.15) is 0 Å². The topological polar surface area (TPSA) is 78.7 Å². The van der Waals surface area contributed by atoms with E-state index in [4.69, 9.17) is 14.2 Å². The van der Waals surface area contributed by atoms with Gasteiger partial charge in [0.2, 0.25) is 11.8 Å². The van der Waals surface area contributed by atoms with E-state index in [1.807, 2.05) is 52.1 Å². The molecule has 31 heavy (non-hydrogen) atoms. The van der Waals surface area contributed by atoms with Gasteiger partial charge in [-0.05, 0) is 24.6 Å². The zero-order valence-electron chi connectivity index (χ0n) is 17.4. The molecule has 162 valence electrons. The van der Waals surface area contributed by atoms with E-state index in [2.05, 4.69) is 9.97 Å². The molecule has 0 aliphatic carbocycles. The Kier molecular flexibility index (Phi) is 7.12. The first-order valence-electron chi connectivity index (χ1n) is 10.4. The van der Waals surface area contributed by atoms with Crippen LogP contribution in [0.25, 0.3) is 0 Å². The number of para-hydroxylation sites is 2. The average Bonchev–Trinajstić information content (AvgIpc) is 3.30. The Labute approximate surface area is 181 Å². The van der Waals surface area contributed by atoms with Crippen molar-refractivity contribution in [2.45, 2.75) is 25.9 Å². The van der Waals surface area contributed by atoms with Crippen LogP contribution in [0.5, 0.6) is 17.4 Å². The summed E-state index contributed by atoms with van der Waals surface area (Å²) in [7, 11) is 0. The fourth-order valence-electron chi connectivity index (χ4n) is 3.37. The summed E-state index contributed by atoms with van der Waals surface area (Å²) in [5, 5.41) is 0. The number of imidazole rings is 1. The number of amides is 1. The minimum absolute atomic E-state index is 0.0741. The molecule has 2 aromatic heterocycles. The third-order valence-corrected chi connectivity index (χ3v) is 4.98. The monoisotopic (exact) mass is 422 g/mol. The zero-order chi connectivity index (χ0) is 21.3. The predicted molar refractivity (Wildman–Crippen MR) is 114 cm³/mol. The summed E-state index contributed by atoms with van der Waals surface area (Å²) in [6.07, 6.45) is 8.27. The molecule has 1 aromatic carbocycles. The highest BCUT2D eigenvalue weighted by Gasteiger charge is 2.18.